The number of furan rings is 1. The van der Waals surface area contributed by atoms with E-state index < -0.39 is 11.6 Å². The molecule has 0 bridgehead atoms. The van der Waals surface area contributed by atoms with Gasteiger partial charge in [-0.2, -0.15) is 5.10 Å². The summed E-state index contributed by atoms with van der Waals surface area (Å²) in [6.07, 6.45) is 1.73. The molecule has 0 saturated heterocycles. The number of nitrogens with one attached hydrogen (secondary N) is 1. The average molecular weight is 258 g/mol. The fraction of sp³-hybridized carbons (Fsp3) is 0.286. The number of carbonyl (C=O) groups excluding carboxylic acids is 1. The lowest BCUT2D eigenvalue weighted by Crippen LogP contribution is -2.23. The van der Waals surface area contributed by atoms with Crippen LogP contribution in [0.3, 0.4) is 0 Å². The number of aromatic nitrogens is 2. The minimum absolute atomic E-state index is 0.201. The Bertz CT molecular complexity index is 762. The maximum Gasteiger partial charge on any atom is 0.374 e. The van der Waals surface area contributed by atoms with Gasteiger partial charge in [-0.05, 0) is 32.9 Å². The predicted octanol–water partition coefficient (Wildman–Crippen LogP) is 3.26. The molecule has 0 aliphatic carbocycles. The highest BCUT2D eigenvalue weighted by Gasteiger charge is 2.21. The monoisotopic (exact) mass is 258 g/mol. The minimum atomic E-state index is -0.542. The summed E-state index contributed by atoms with van der Waals surface area (Å²) in [5, 5.41) is 8.69. The smallest absolute Gasteiger partial charge is 0.374 e. The van der Waals surface area contributed by atoms with Gasteiger partial charge in [0.1, 0.15) is 11.2 Å². The standard InChI is InChI=1S/C14H14N2O3/c1-14(2,3)19-13(17)11-6-9-10(18-11)5-4-8-7-15-16-12(8)9/h4-7H,1-3H3,(H,15,16). The van der Waals surface area contributed by atoms with Gasteiger partial charge in [0.2, 0.25) is 5.76 Å². The Morgan fingerprint density at radius 2 is 2.16 bits per heavy atom. The summed E-state index contributed by atoms with van der Waals surface area (Å²) >= 11 is 0. The van der Waals surface area contributed by atoms with Gasteiger partial charge < -0.3 is 9.15 Å². The highest BCUT2D eigenvalue weighted by molar-refractivity contribution is 6.05. The van der Waals surface area contributed by atoms with E-state index in [2.05, 4.69) is 10.2 Å². The average Bonchev–Trinajstić information content (AvgIpc) is 2.92. The summed E-state index contributed by atoms with van der Waals surface area (Å²) in [5.74, 6) is -0.261. The van der Waals surface area contributed by atoms with Crippen molar-refractivity contribution < 1.29 is 13.9 Å². The number of H-pyrrole nitrogens is 1. The number of carbonyl (C=O) groups is 1. The van der Waals surface area contributed by atoms with Crippen molar-refractivity contribution in [3.63, 3.8) is 0 Å². The van der Waals surface area contributed by atoms with E-state index >= 15 is 0 Å². The summed E-state index contributed by atoms with van der Waals surface area (Å²) in [5.41, 5.74) is 0.952. The molecule has 0 spiro atoms. The van der Waals surface area contributed by atoms with E-state index in [9.17, 15) is 4.79 Å². The van der Waals surface area contributed by atoms with Crippen LogP contribution >= 0.6 is 0 Å². The van der Waals surface area contributed by atoms with Crippen LogP contribution in [0.5, 0.6) is 0 Å². The maximum atomic E-state index is 12.0. The van der Waals surface area contributed by atoms with Gasteiger partial charge in [0.25, 0.3) is 0 Å². The number of benzene rings is 1. The van der Waals surface area contributed by atoms with Gasteiger partial charge in [0.15, 0.2) is 0 Å². The second-order valence-electron chi connectivity index (χ2n) is 5.42. The molecule has 3 aromatic rings. The van der Waals surface area contributed by atoms with Crippen LogP contribution in [0.2, 0.25) is 0 Å². The van der Waals surface area contributed by atoms with E-state index in [1.54, 1.807) is 12.3 Å². The summed E-state index contributed by atoms with van der Waals surface area (Å²) in [6.45, 7) is 5.46. The SMILES string of the molecule is CC(C)(C)OC(=O)c1cc2c(ccc3cn[nH]c32)o1. The van der Waals surface area contributed by atoms with Crippen LogP contribution in [-0.4, -0.2) is 21.8 Å². The molecule has 5 nitrogen and oxygen atoms in total. The molecule has 0 radical (unpaired) electrons. The Balaban J connectivity index is 2.08. The number of esters is 1. The number of aromatic amines is 1. The third-order valence-electron chi connectivity index (χ3n) is 2.71. The van der Waals surface area contributed by atoms with Gasteiger partial charge >= 0.3 is 5.97 Å². The summed E-state index contributed by atoms with van der Waals surface area (Å²) < 4.78 is 10.8. The Morgan fingerprint density at radius 3 is 2.89 bits per heavy atom. The minimum Gasteiger partial charge on any atom is -0.454 e. The Labute approximate surface area is 109 Å². The van der Waals surface area contributed by atoms with E-state index in [1.165, 1.54) is 0 Å². The van der Waals surface area contributed by atoms with Crippen molar-refractivity contribution in [2.45, 2.75) is 26.4 Å². The second kappa shape index (κ2) is 3.85. The molecule has 0 unspecified atom stereocenters. The number of rotatable bonds is 1. The molecule has 0 fully saturated rings. The summed E-state index contributed by atoms with van der Waals surface area (Å²) in [6, 6.07) is 5.40. The maximum absolute atomic E-state index is 12.0. The molecule has 0 amide bonds. The molecule has 2 heterocycles. The van der Waals surface area contributed by atoms with Crippen LogP contribution in [0.1, 0.15) is 31.3 Å². The highest BCUT2D eigenvalue weighted by Crippen LogP contribution is 2.27. The second-order valence-corrected chi connectivity index (χ2v) is 5.42. The van der Waals surface area contributed by atoms with Crippen molar-refractivity contribution >= 4 is 27.8 Å². The number of ether oxygens (including phenoxy) is 1. The van der Waals surface area contributed by atoms with Crippen LogP contribution in [0.15, 0.2) is 28.8 Å². The van der Waals surface area contributed by atoms with Crippen LogP contribution in [0.4, 0.5) is 0 Å². The van der Waals surface area contributed by atoms with Crippen molar-refractivity contribution in [3.05, 3.63) is 30.2 Å². The molecular weight excluding hydrogens is 244 g/mol. The quantitative estimate of drug-likeness (QED) is 0.680. The Hall–Kier alpha value is -2.30. The first-order valence-corrected chi connectivity index (χ1v) is 6.03. The molecule has 0 atom stereocenters. The summed E-state index contributed by atoms with van der Waals surface area (Å²) in [7, 11) is 0. The molecular formula is C14H14N2O3. The van der Waals surface area contributed by atoms with Gasteiger partial charge in [-0.1, -0.05) is 0 Å². The molecule has 1 aromatic carbocycles. The topological polar surface area (TPSA) is 68.1 Å². The zero-order valence-corrected chi connectivity index (χ0v) is 11.0. The molecule has 0 saturated carbocycles. The molecule has 0 aliphatic heterocycles. The van der Waals surface area contributed by atoms with Crippen LogP contribution in [0, 0.1) is 0 Å². The fourth-order valence-electron chi connectivity index (χ4n) is 1.96. The third-order valence-corrected chi connectivity index (χ3v) is 2.71. The van der Waals surface area contributed by atoms with Crippen molar-refractivity contribution in [1.29, 1.82) is 0 Å². The lowest BCUT2D eigenvalue weighted by molar-refractivity contribution is 0.00382. The number of nitrogens with zero attached hydrogens (tertiary/aromatic N) is 1. The first kappa shape index (κ1) is 11.8. The van der Waals surface area contributed by atoms with Gasteiger partial charge in [-0.3, -0.25) is 5.10 Å². The Morgan fingerprint density at radius 1 is 1.37 bits per heavy atom. The van der Waals surface area contributed by atoms with Gasteiger partial charge in [-0.25, -0.2) is 4.79 Å². The molecule has 2 aromatic heterocycles. The molecule has 5 heteroatoms. The first-order chi connectivity index (χ1) is 8.94. The van der Waals surface area contributed by atoms with E-state index in [0.29, 0.717) is 5.58 Å². The lowest BCUT2D eigenvalue weighted by atomic mass is 10.2. The third kappa shape index (κ3) is 2.07. The van der Waals surface area contributed by atoms with Gasteiger partial charge in [0, 0.05) is 16.8 Å². The molecule has 98 valence electrons. The number of hydrogen-bond acceptors (Lipinski definition) is 4. The zero-order valence-electron chi connectivity index (χ0n) is 11.0. The van der Waals surface area contributed by atoms with Crippen molar-refractivity contribution in [3.8, 4) is 0 Å². The normalized spacial score (nSPS) is 12.2. The highest BCUT2D eigenvalue weighted by atomic mass is 16.6. The van der Waals surface area contributed by atoms with Crippen LogP contribution < -0.4 is 0 Å². The fourth-order valence-corrected chi connectivity index (χ4v) is 1.96. The molecule has 0 aliphatic rings. The van der Waals surface area contributed by atoms with E-state index in [-0.39, 0.29) is 5.76 Å². The summed E-state index contributed by atoms with van der Waals surface area (Å²) in [4.78, 5) is 12.0. The van der Waals surface area contributed by atoms with Crippen molar-refractivity contribution in [2.24, 2.45) is 0 Å². The van der Waals surface area contributed by atoms with E-state index in [1.807, 2.05) is 32.9 Å². The molecule has 19 heavy (non-hydrogen) atoms. The Kier molecular flexibility index (Phi) is 2.38. The number of fused-ring (bicyclic) bond motifs is 3. The largest absolute Gasteiger partial charge is 0.454 e. The zero-order chi connectivity index (χ0) is 13.6. The van der Waals surface area contributed by atoms with Crippen molar-refractivity contribution in [2.75, 3.05) is 0 Å². The van der Waals surface area contributed by atoms with E-state index in [0.717, 1.165) is 16.3 Å². The predicted molar refractivity (Wildman–Crippen MR) is 71.0 cm³/mol. The molecule has 1 N–H and O–H groups in total. The van der Waals surface area contributed by atoms with Crippen molar-refractivity contribution in [1.82, 2.24) is 10.2 Å². The van der Waals surface area contributed by atoms with E-state index in [4.69, 9.17) is 9.15 Å². The van der Waals surface area contributed by atoms with Gasteiger partial charge in [0.05, 0.1) is 11.7 Å². The van der Waals surface area contributed by atoms with Gasteiger partial charge in [-0.15, -0.1) is 0 Å². The molecule has 3 rings (SSSR count). The van der Waals surface area contributed by atoms with Crippen LogP contribution in [0.25, 0.3) is 21.9 Å². The van der Waals surface area contributed by atoms with Crippen LogP contribution in [-0.2, 0) is 4.74 Å². The number of hydrogen-bond donors (Lipinski definition) is 1. The lowest BCUT2D eigenvalue weighted by Gasteiger charge is -2.18. The first-order valence-electron chi connectivity index (χ1n) is 6.03.